The lowest BCUT2D eigenvalue weighted by Crippen LogP contribution is -2.37. The van der Waals surface area contributed by atoms with Crippen LogP contribution in [0, 0.1) is 6.92 Å². The third-order valence-corrected chi connectivity index (χ3v) is 2.62. The summed E-state index contributed by atoms with van der Waals surface area (Å²) < 4.78 is 0. The van der Waals surface area contributed by atoms with E-state index in [1.54, 1.807) is 0 Å². The summed E-state index contributed by atoms with van der Waals surface area (Å²) in [6.07, 6.45) is 1.28. The Balaban J connectivity index is 2.37. The van der Waals surface area contributed by atoms with Crippen LogP contribution in [0.1, 0.15) is 12.0 Å². The Bertz CT molecular complexity index is 306. The van der Waals surface area contributed by atoms with Crippen molar-refractivity contribution in [3.8, 4) is 0 Å². The third kappa shape index (κ3) is 1.30. The number of nitrogens with zero attached hydrogens (tertiary/aromatic N) is 1. The Labute approximate surface area is 78.3 Å². The molecule has 4 N–H and O–H groups in total. The van der Waals surface area contributed by atoms with Gasteiger partial charge in [-0.2, -0.15) is 0 Å². The van der Waals surface area contributed by atoms with Gasteiger partial charge in [0.05, 0.1) is 11.4 Å². The van der Waals surface area contributed by atoms with Crippen LogP contribution in [-0.2, 0) is 0 Å². The summed E-state index contributed by atoms with van der Waals surface area (Å²) in [7, 11) is 0. The van der Waals surface area contributed by atoms with Crippen molar-refractivity contribution in [2.24, 2.45) is 0 Å². The van der Waals surface area contributed by atoms with Gasteiger partial charge in [0.2, 0.25) is 0 Å². The molecule has 3 heteroatoms. The van der Waals surface area contributed by atoms with Gasteiger partial charge in [-0.05, 0) is 31.0 Å². The van der Waals surface area contributed by atoms with Gasteiger partial charge in [0.25, 0.3) is 0 Å². The quantitative estimate of drug-likeness (QED) is 0.637. The molecule has 0 aliphatic carbocycles. The van der Waals surface area contributed by atoms with Gasteiger partial charge in [-0.3, -0.25) is 0 Å². The molecule has 1 aliphatic rings. The number of aryl methyl sites for hydroxylation is 1. The maximum absolute atomic E-state index is 5.79. The first-order valence-corrected chi connectivity index (χ1v) is 4.59. The van der Waals surface area contributed by atoms with Crippen LogP contribution in [0.15, 0.2) is 12.1 Å². The topological polar surface area (TPSA) is 55.3 Å². The van der Waals surface area contributed by atoms with E-state index in [0.29, 0.717) is 11.4 Å². The Kier molecular flexibility index (Phi) is 1.79. The van der Waals surface area contributed by atoms with Gasteiger partial charge in [-0.1, -0.05) is 0 Å². The fraction of sp³-hybridized carbons (Fsp3) is 0.400. The van der Waals surface area contributed by atoms with Crippen LogP contribution in [0.4, 0.5) is 17.1 Å². The summed E-state index contributed by atoms with van der Waals surface area (Å²) in [5.74, 6) is 0. The fourth-order valence-corrected chi connectivity index (χ4v) is 1.56. The molecule has 1 aliphatic heterocycles. The number of anilines is 3. The average molecular weight is 177 g/mol. The molecule has 1 heterocycles. The molecule has 0 spiro atoms. The first-order valence-electron chi connectivity index (χ1n) is 4.59. The number of hydrogen-bond donors (Lipinski definition) is 2. The van der Waals surface area contributed by atoms with Gasteiger partial charge in [-0.25, -0.2) is 0 Å². The summed E-state index contributed by atoms with van der Waals surface area (Å²) in [4.78, 5) is 2.31. The van der Waals surface area contributed by atoms with Gasteiger partial charge < -0.3 is 16.4 Å². The normalized spacial score (nSPS) is 15.6. The largest absolute Gasteiger partial charge is 0.397 e. The van der Waals surface area contributed by atoms with Crippen molar-refractivity contribution in [3.63, 3.8) is 0 Å². The van der Waals surface area contributed by atoms with Crippen molar-refractivity contribution in [1.29, 1.82) is 0 Å². The van der Waals surface area contributed by atoms with Crippen molar-refractivity contribution in [3.05, 3.63) is 17.7 Å². The molecule has 1 aromatic carbocycles. The molecule has 0 unspecified atom stereocenters. The molecule has 1 fully saturated rings. The van der Waals surface area contributed by atoms with E-state index >= 15 is 0 Å². The second-order valence-corrected chi connectivity index (χ2v) is 3.61. The molecular weight excluding hydrogens is 162 g/mol. The van der Waals surface area contributed by atoms with E-state index in [1.807, 2.05) is 13.0 Å². The zero-order valence-electron chi connectivity index (χ0n) is 7.88. The molecule has 0 aromatic heterocycles. The number of hydrogen-bond acceptors (Lipinski definition) is 3. The molecule has 0 atom stereocenters. The van der Waals surface area contributed by atoms with Crippen molar-refractivity contribution in [2.75, 3.05) is 29.5 Å². The Morgan fingerprint density at radius 3 is 2.38 bits per heavy atom. The summed E-state index contributed by atoms with van der Waals surface area (Å²) >= 11 is 0. The lowest BCUT2D eigenvalue weighted by molar-refractivity contribution is 0.618. The summed E-state index contributed by atoms with van der Waals surface area (Å²) in [5.41, 5.74) is 15.2. The second-order valence-electron chi connectivity index (χ2n) is 3.61. The number of rotatable bonds is 1. The zero-order chi connectivity index (χ0) is 9.42. The first-order chi connectivity index (χ1) is 6.18. The van der Waals surface area contributed by atoms with Crippen molar-refractivity contribution in [2.45, 2.75) is 13.3 Å². The number of nitrogen functional groups attached to an aromatic ring is 2. The highest BCUT2D eigenvalue weighted by Gasteiger charge is 2.15. The van der Waals surface area contributed by atoms with E-state index in [2.05, 4.69) is 11.0 Å². The van der Waals surface area contributed by atoms with Crippen LogP contribution in [0.25, 0.3) is 0 Å². The minimum Gasteiger partial charge on any atom is -0.397 e. The Hall–Kier alpha value is -1.38. The van der Waals surface area contributed by atoms with Crippen LogP contribution in [0.3, 0.4) is 0 Å². The Morgan fingerprint density at radius 2 is 1.92 bits per heavy atom. The van der Waals surface area contributed by atoms with Gasteiger partial charge >= 0.3 is 0 Å². The average Bonchev–Trinajstić information content (AvgIpc) is 1.96. The van der Waals surface area contributed by atoms with E-state index in [0.717, 1.165) is 18.7 Å². The van der Waals surface area contributed by atoms with E-state index in [-0.39, 0.29) is 0 Å². The van der Waals surface area contributed by atoms with Crippen molar-refractivity contribution < 1.29 is 0 Å². The zero-order valence-corrected chi connectivity index (χ0v) is 7.88. The lowest BCUT2D eigenvalue weighted by Gasteiger charge is -2.33. The molecule has 1 aromatic rings. The molecule has 2 rings (SSSR count). The molecule has 0 amide bonds. The minimum atomic E-state index is 0.696. The smallest absolute Gasteiger partial charge is 0.0579 e. The predicted molar refractivity (Wildman–Crippen MR) is 56.8 cm³/mol. The monoisotopic (exact) mass is 177 g/mol. The maximum atomic E-state index is 5.79. The number of benzene rings is 1. The fourth-order valence-electron chi connectivity index (χ4n) is 1.56. The highest BCUT2D eigenvalue weighted by atomic mass is 15.2. The first kappa shape index (κ1) is 8.23. The molecular formula is C10H15N3. The van der Waals surface area contributed by atoms with E-state index in [4.69, 9.17) is 11.5 Å². The van der Waals surface area contributed by atoms with Crippen LogP contribution in [-0.4, -0.2) is 13.1 Å². The van der Waals surface area contributed by atoms with Crippen LogP contribution < -0.4 is 16.4 Å². The third-order valence-electron chi connectivity index (χ3n) is 2.62. The van der Waals surface area contributed by atoms with Crippen LogP contribution in [0.5, 0.6) is 0 Å². The summed E-state index contributed by atoms with van der Waals surface area (Å²) in [6.45, 7) is 4.28. The second kappa shape index (κ2) is 2.83. The van der Waals surface area contributed by atoms with Gasteiger partial charge in [0.15, 0.2) is 0 Å². The molecule has 13 heavy (non-hydrogen) atoms. The molecule has 3 nitrogen and oxygen atoms in total. The SMILES string of the molecule is Cc1cc(N2CCC2)cc(N)c1N. The maximum Gasteiger partial charge on any atom is 0.0579 e. The standard InChI is InChI=1S/C10H15N3/c1-7-5-8(13-3-2-4-13)6-9(11)10(7)12/h5-6H,2-4,11-12H2,1H3. The van der Waals surface area contributed by atoms with E-state index in [9.17, 15) is 0 Å². The summed E-state index contributed by atoms with van der Waals surface area (Å²) in [5, 5.41) is 0. The van der Waals surface area contributed by atoms with Crippen molar-refractivity contribution in [1.82, 2.24) is 0 Å². The molecule has 0 radical (unpaired) electrons. The molecule has 70 valence electrons. The highest BCUT2D eigenvalue weighted by molar-refractivity contribution is 5.73. The van der Waals surface area contributed by atoms with Crippen LogP contribution >= 0.6 is 0 Å². The van der Waals surface area contributed by atoms with Gasteiger partial charge in [0.1, 0.15) is 0 Å². The Morgan fingerprint density at radius 1 is 1.23 bits per heavy atom. The van der Waals surface area contributed by atoms with Crippen LogP contribution in [0.2, 0.25) is 0 Å². The molecule has 1 saturated heterocycles. The number of nitrogens with two attached hydrogens (primary N) is 2. The summed E-state index contributed by atoms with van der Waals surface area (Å²) in [6, 6.07) is 4.06. The molecule has 0 saturated carbocycles. The van der Waals surface area contributed by atoms with Crippen molar-refractivity contribution >= 4 is 17.1 Å². The van der Waals surface area contributed by atoms with E-state index in [1.165, 1.54) is 12.1 Å². The molecule has 0 bridgehead atoms. The van der Waals surface area contributed by atoms with E-state index < -0.39 is 0 Å². The van der Waals surface area contributed by atoms with Gasteiger partial charge in [0, 0.05) is 18.8 Å². The van der Waals surface area contributed by atoms with Gasteiger partial charge in [-0.15, -0.1) is 0 Å². The predicted octanol–water partition coefficient (Wildman–Crippen LogP) is 1.37. The minimum absolute atomic E-state index is 0.696. The highest BCUT2D eigenvalue weighted by Crippen LogP contribution is 2.29. The lowest BCUT2D eigenvalue weighted by atomic mass is 10.1.